The van der Waals surface area contributed by atoms with E-state index in [1.807, 2.05) is 48.5 Å². The molecule has 0 aliphatic heterocycles. The molecular weight excluding hydrogens is 296 g/mol. The van der Waals surface area contributed by atoms with Gasteiger partial charge in [-0.2, -0.15) is 4.98 Å². The van der Waals surface area contributed by atoms with E-state index in [-0.39, 0.29) is 5.69 Å². The minimum Gasteiger partial charge on any atom is -0.260 e. The van der Waals surface area contributed by atoms with E-state index in [1.165, 1.54) is 0 Å². The largest absolute Gasteiger partial charge is 0.352 e. The second-order valence-electron chi connectivity index (χ2n) is 5.28. The van der Waals surface area contributed by atoms with Gasteiger partial charge in [0.1, 0.15) is 0 Å². The van der Waals surface area contributed by atoms with Crippen molar-refractivity contribution >= 4 is 22.5 Å². The fourth-order valence-electron chi connectivity index (χ4n) is 2.62. The summed E-state index contributed by atoms with van der Waals surface area (Å²) in [5.41, 5.74) is 2.21. The SMILES string of the molecule is CCCCc1nc(=O)n(-c2ccccc2)c2cc(Cl)ccc12. The molecule has 1 heterocycles. The van der Waals surface area contributed by atoms with E-state index in [0.29, 0.717) is 5.02 Å². The average molecular weight is 313 g/mol. The summed E-state index contributed by atoms with van der Waals surface area (Å²) in [4.78, 5) is 16.8. The van der Waals surface area contributed by atoms with Gasteiger partial charge in [-0.05, 0) is 43.2 Å². The molecule has 0 aliphatic carbocycles. The number of para-hydroxylation sites is 1. The maximum absolute atomic E-state index is 12.5. The number of halogens is 1. The number of fused-ring (bicyclic) bond motifs is 1. The predicted molar refractivity (Wildman–Crippen MR) is 91.0 cm³/mol. The summed E-state index contributed by atoms with van der Waals surface area (Å²) in [5.74, 6) is 0. The first kappa shape index (κ1) is 14.8. The Morgan fingerprint density at radius 3 is 2.64 bits per heavy atom. The van der Waals surface area contributed by atoms with Gasteiger partial charge in [-0.1, -0.05) is 43.1 Å². The number of hydrogen-bond acceptors (Lipinski definition) is 2. The Morgan fingerprint density at radius 1 is 1.14 bits per heavy atom. The first-order valence-corrected chi connectivity index (χ1v) is 7.85. The average Bonchev–Trinajstić information content (AvgIpc) is 2.53. The van der Waals surface area contributed by atoms with Crippen LogP contribution in [0.2, 0.25) is 5.02 Å². The van der Waals surface area contributed by atoms with Crippen molar-refractivity contribution < 1.29 is 0 Å². The lowest BCUT2D eigenvalue weighted by molar-refractivity contribution is 0.769. The van der Waals surface area contributed by atoms with E-state index in [9.17, 15) is 4.79 Å². The molecule has 0 spiro atoms. The van der Waals surface area contributed by atoms with Crippen molar-refractivity contribution in [2.24, 2.45) is 0 Å². The molecule has 0 bridgehead atoms. The van der Waals surface area contributed by atoms with E-state index in [0.717, 1.165) is 41.5 Å². The molecule has 112 valence electrons. The molecule has 3 nitrogen and oxygen atoms in total. The maximum atomic E-state index is 12.5. The van der Waals surface area contributed by atoms with E-state index < -0.39 is 0 Å². The molecule has 0 N–H and O–H groups in total. The topological polar surface area (TPSA) is 34.9 Å². The van der Waals surface area contributed by atoms with Crippen LogP contribution in [0.15, 0.2) is 53.3 Å². The fourth-order valence-corrected chi connectivity index (χ4v) is 2.79. The summed E-state index contributed by atoms with van der Waals surface area (Å²) >= 11 is 6.15. The number of aromatic nitrogens is 2. The molecule has 3 aromatic rings. The number of nitrogens with zero attached hydrogens (tertiary/aromatic N) is 2. The lowest BCUT2D eigenvalue weighted by Gasteiger charge is -2.13. The zero-order chi connectivity index (χ0) is 15.5. The zero-order valence-electron chi connectivity index (χ0n) is 12.4. The molecule has 3 rings (SSSR count). The first-order chi connectivity index (χ1) is 10.7. The van der Waals surface area contributed by atoms with Gasteiger partial charge in [-0.15, -0.1) is 0 Å². The standard InChI is InChI=1S/C18H17ClN2O/c1-2-3-9-16-15-11-10-13(19)12-17(15)21(18(22)20-16)14-7-5-4-6-8-14/h4-8,10-12H,2-3,9H2,1H3. The van der Waals surface area contributed by atoms with Crippen molar-refractivity contribution in [2.45, 2.75) is 26.2 Å². The fraction of sp³-hybridized carbons (Fsp3) is 0.222. The smallest absolute Gasteiger partial charge is 0.260 e. The number of rotatable bonds is 4. The van der Waals surface area contributed by atoms with Crippen molar-refractivity contribution in [1.82, 2.24) is 9.55 Å². The number of unbranched alkanes of at least 4 members (excludes halogenated alkanes) is 1. The summed E-state index contributed by atoms with van der Waals surface area (Å²) in [6.45, 7) is 2.13. The summed E-state index contributed by atoms with van der Waals surface area (Å²) in [6.07, 6.45) is 2.89. The molecule has 0 saturated heterocycles. The Labute approximate surface area is 134 Å². The van der Waals surface area contributed by atoms with E-state index in [4.69, 9.17) is 11.6 Å². The highest BCUT2D eigenvalue weighted by atomic mass is 35.5. The molecule has 0 saturated carbocycles. The molecule has 4 heteroatoms. The van der Waals surface area contributed by atoms with Gasteiger partial charge >= 0.3 is 5.69 Å². The molecule has 0 amide bonds. The van der Waals surface area contributed by atoms with Crippen molar-refractivity contribution in [1.29, 1.82) is 0 Å². The molecule has 1 aromatic heterocycles. The van der Waals surface area contributed by atoms with Gasteiger partial charge in [-0.25, -0.2) is 4.79 Å². The molecule has 2 aromatic carbocycles. The summed E-state index contributed by atoms with van der Waals surface area (Å²) < 4.78 is 1.62. The Morgan fingerprint density at radius 2 is 1.91 bits per heavy atom. The number of aryl methyl sites for hydroxylation is 1. The Hall–Kier alpha value is -2.13. The predicted octanol–water partition coefficient (Wildman–Crippen LogP) is 4.38. The molecule has 0 unspecified atom stereocenters. The van der Waals surface area contributed by atoms with Crippen LogP contribution >= 0.6 is 11.6 Å². The van der Waals surface area contributed by atoms with Crippen LogP contribution in [0.25, 0.3) is 16.6 Å². The first-order valence-electron chi connectivity index (χ1n) is 7.47. The normalized spacial score (nSPS) is 11.0. The van der Waals surface area contributed by atoms with E-state index >= 15 is 0 Å². The van der Waals surface area contributed by atoms with Crippen LogP contribution in [0.5, 0.6) is 0 Å². The highest BCUT2D eigenvalue weighted by molar-refractivity contribution is 6.31. The highest BCUT2D eigenvalue weighted by Gasteiger charge is 2.12. The number of hydrogen-bond donors (Lipinski definition) is 0. The highest BCUT2D eigenvalue weighted by Crippen LogP contribution is 2.23. The van der Waals surface area contributed by atoms with Gasteiger partial charge in [0.25, 0.3) is 0 Å². The molecule has 0 radical (unpaired) electrons. The minimum absolute atomic E-state index is 0.257. The van der Waals surface area contributed by atoms with Crippen LogP contribution in [-0.2, 0) is 6.42 Å². The van der Waals surface area contributed by atoms with Crippen molar-refractivity contribution in [3.8, 4) is 5.69 Å². The van der Waals surface area contributed by atoms with Gasteiger partial charge in [0.05, 0.1) is 16.9 Å². The Balaban J connectivity index is 2.31. The third-order valence-corrected chi connectivity index (χ3v) is 3.95. The number of benzene rings is 2. The maximum Gasteiger partial charge on any atom is 0.352 e. The monoisotopic (exact) mass is 312 g/mol. The van der Waals surface area contributed by atoms with Gasteiger partial charge in [-0.3, -0.25) is 4.57 Å². The third kappa shape index (κ3) is 2.77. The van der Waals surface area contributed by atoms with Crippen LogP contribution in [0, 0.1) is 0 Å². The van der Waals surface area contributed by atoms with E-state index in [1.54, 1.807) is 4.57 Å². The van der Waals surface area contributed by atoms with Crippen LogP contribution in [0.3, 0.4) is 0 Å². The van der Waals surface area contributed by atoms with Crippen LogP contribution in [0.1, 0.15) is 25.5 Å². The quantitative estimate of drug-likeness (QED) is 0.716. The molecule has 0 fully saturated rings. The van der Waals surface area contributed by atoms with Gasteiger partial charge in [0.2, 0.25) is 0 Å². The van der Waals surface area contributed by atoms with Crippen LogP contribution in [-0.4, -0.2) is 9.55 Å². The van der Waals surface area contributed by atoms with Crippen molar-refractivity contribution in [3.63, 3.8) is 0 Å². The second-order valence-corrected chi connectivity index (χ2v) is 5.71. The van der Waals surface area contributed by atoms with Gasteiger partial charge in [0.15, 0.2) is 0 Å². The molecule has 0 atom stereocenters. The third-order valence-electron chi connectivity index (χ3n) is 3.71. The van der Waals surface area contributed by atoms with Crippen molar-refractivity contribution in [2.75, 3.05) is 0 Å². The van der Waals surface area contributed by atoms with Gasteiger partial charge in [0, 0.05) is 10.4 Å². The Bertz CT molecular complexity index is 856. The second kappa shape index (κ2) is 6.32. The van der Waals surface area contributed by atoms with E-state index in [2.05, 4.69) is 11.9 Å². The summed E-state index contributed by atoms with van der Waals surface area (Å²) in [5, 5.41) is 1.60. The van der Waals surface area contributed by atoms with Crippen LogP contribution in [0.4, 0.5) is 0 Å². The lowest BCUT2D eigenvalue weighted by atomic mass is 10.1. The van der Waals surface area contributed by atoms with Crippen LogP contribution < -0.4 is 5.69 Å². The lowest BCUT2D eigenvalue weighted by Crippen LogP contribution is -2.23. The molecule has 0 aliphatic rings. The molecular formula is C18H17ClN2O. The Kier molecular flexibility index (Phi) is 4.25. The summed E-state index contributed by atoms with van der Waals surface area (Å²) in [7, 11) is 0. The zero-order valence-corrected chi connectivity index (χ0v) is 13.2. The molecule has 22 heavy (non-hydrogen) atoms. The summed E-state index contributed by atoms with van der Waals surface area (Å²) in [6, 6.07) is 15.2. The van der Waals surface area contributed by atoms with Gasteiger partial charge < -0.3 is 0 Å². The van der Waals surface area contributed by atoms with Crippen molar-refractivity contribution in [3.05, 3.63) is 69.7 Å². The minimum atomic E-state index is -0.257.